The predicted molar refractivity (Wildman–Crippen MR) is 97.7 cm³/mol. The standard InChI is InChI=1S/C17H30N4O4S/c1-13-16(14(2)20(5)18-13)26(22,23)21-8-9-24-12-17(11-21)7-6-15(25-17)10-19(3)4/h15H,6-12H2,1-5H3. The van der Waals surface area contributed by atoms with E-state index in [9.17, 15) is 8.42 Å². The SMILES string of the molecule is Cc1nn(C)c(C)c1S(=O)(=O)N1CCOCC2(CCC(CN(C)C)O2)C1. The summed E-state index contributed by atoms with van der Waals surface area (Å²) in [5.74, 6) is 0. The molecule has 0 bridgehead atoms. The van der Waals surface area contributed by atoms with Gasteiger partial charge >= 0.3 is 0 Å². The quantitative estimate of drug-likeness (QED) is 0.752. The maximum absolute atomic E-state index is 13.3. The molecule has 2 unspecified atom stereocenters. The molecule has 2 aliphatic heterocycles. The highest BCUT2D eigenvalue weighted by molar-refractivity contribution is 7.89. The van der Waals surface area contributed by atoms with E-state index in [1.54, 1.807) is 25.6 Å². The monoisotopic (exact) mass is 386 g/mol. The second kappa shape index (κ2) is 7.20. The van der Waals surface area contributed by atoms with Crippen LogP contribution in [0.25, 0.3) is 0 Å². The molecule has 0 N–H and O–H groups in total. The maximum atomic E-state index is 13.3. The molecule has 9 heteroatoms. The molecule has 2 saturated heterocycles. The zero-order valence-electron chi connectivity index (χ0n) is 16.4. The molecule has 1 aromatic rings. The highest BCUT2D eigenvalue weighted by Crippen LogP contribution is 2.35. The summed E-state index contributed by atoms with van der Waals surface area (Å²) >= 11 is 0. The third-order valence-electron chi connectivity index (χ3n) is 5.26. The molecule has 2 atom stereocenters. The van der Waals surface area contributed by atoms with Crippen molar-refractivity contribution in [1.29, 1.82) is 0 Å². The molecule has 0 radical (unpaired) electrons. The third-order valence-corrected chi connectivity index (χ3v) is 7.36. The van der Waals surface area contributed by atoms with Gasteiger partial charge in [-0.2, -0.15) is 9.40 Å². The van der Waals surface area contributed by atoms with Gasteiger partial charge in [0.05, 0.1) is 30.7 Å². The van der Waals surface area contributed by atoms with Crippen LogP contribution in [0.15, 0.2) is 4.90 Å². The zero-order chi connectivity index (χ0) is 19.1. The van der Waals surface area contributed by atoms with E-state index < -0.39 is 15.6 Å². The summed E-state index contributed by atoms with van der Waals surface area (Å²) in [6.45, 7) is 5.83. The van der Waals surface area contributed by atoms with Gasteiger partial charge in [0.25, 0.3) is 0 Å². The number of likely N-dealkylation sites (N-methyl/N-ethyl adjacent to an activating group) is 1. The van der Waals surface area contributed by atoms with E-state index in [4.69, 9.17) is 9.47 Å². The van der Waals surface area contributed by atoms with Crippen LogP contribution in [0.4, 0.5) is 0 Å². The molecule has 8 nitrogen and oxygen atoms in total. The Morgan fingerprint density at radius 3 is 2.69 bits per heavy atom. The van der Waals surface area contributed by atoms with Gasteiger partial charge in [-0.25, -0.2) is 8.42 Å². The first-order valence-corrected chi connectivity index (χ1v) is 10.5. The van der Waals surface area contributed by atoms with Crippen molar-refractivity contribution >= 4 is 10.0 Å². The second-order valence-electron chi connectivity index (χ2n) is 7.74. The van der Waals surface area contributed by atoms with Crippen LogP contribution in [-0.4, -0.2) is 86.1 Å². The van der Waals surface area contributed by atoms with Crippen LogP contribution in [-0.2, 0) is 26.5 Å². The third kappa shape index (κ3) is 3.68. The fourth-order valence-corrected chi connectivity index (χ4v) is 5.88. The van der Waals surface area contributed by atoms with Crippen molar-refractivity contribution < 1.29 is 17.9 Å². The largest absolute Gasteiger partial charge is 0.377 e. The minimum Gasteiger partial charge on any atom is -0.377 e. The van der Waals surface area contributed by atoms with Crippen molar-refractivity contribution in [2.45, 2.75) is 43.3 Å². The molecule has 148 valence electrons. The van der Waals surface area contributed by atoms with Crippen LogP contribution in [0.2, 0.25) is 0 Å². The van der Waals surface area contributed by atoms with E-state index in [1.807, 2.05) is 14.1 Å². The summed E-state index contributed by atoms with van der Waals surface area (Å²) < 4.78 is 41.9. The Kier molecular flexibility index (Phi) is 5.47. The van der Waals surface area contributed by atoms with E-state index in [-0.39, 0.29) is 6.10 Å². The average Bonchev–Trinajstić information content (AvgIpc) is 2.93. The first kappa shape index (κ1) is 19.8. The molecular formula is C17H30N4O4S. The molecule has 0 saturated carbocycles. The minimum absolute atomic E-state index is 0.109. The molecule has 0 amide bonds. The van der Waals surface area contributed by atoms with Gasteiger partial charge in [-0.1, -0.05) is 0 Å². The van der Waals surface area contributed by atoms with E-state index >= 15 is 0 Å². The lowest BCUT2D eigenvalue weighted by molar-refractivity contribution is -0.0858. The van der Waals surface area contributed by atoms with Crippen LogP contribution in [0.5, 0.6) is 0 Å². The van der Waals surface area contributed by atoms with Crippen molar-refractivity contribution in [1.82, 2.24) is 19.0 Å². The lowest BCUT2D eigenvalue weighted by Crippen LogP contribution is -2.47. The second-order valence-corrected chi connectivity index (χ2v) is 9.61. The lowest BCUT2D eigenvalue weighted by Gasteiger charge is -2.32. The van der Waals surface area contributed by atoms with Crippen molar-refractivity contribution in [2.75, 3.05) is 46.9 Å². The maximum Gasteiger partial charge on any atom is 0.246 e. The van der Waals surface area contributed by atoms with Crippen LogP contribution in [0, 0.1) is 13.8 Å². The minimum atomic E-state index is -3.65. The Morgan fingerprint density at radius 2 is 2.08 bits per heavy atom. The highest BCUT2D eigenvalue weighted by atomic mass is 32.2. The van der Waals surface area contributed by atoms with Crippen molar-refractivity contribution in [3.63, 3.8) is 0 Å². The molecule has 3 heterocycles. The molecule has 26 heavy (non-hydrogen) atoms. The van der Waals surface area contributed by atoms with E-state index in [1.165, 1.54) is 4.31 Å². The molecule has 0 aliphatic carbocycles. The summed E-state index contributed by atoms with van der Waals surface area (Å²) in [5.41, 5.74) is 0.621. The van der Waals surface area contributed by atoms with Gasteiger partial charge in [0.15, 0.2) is 0 Å². The number of hydrogen-bond acceptors (Lipinski definition) is 6. The molecule has 2 aliphatic rings. The fraction of sp³-hybridized carbons (Fsp3) is 0.824. The number of aryl methyl sites for hydroxylation is 2. The molecular weight excluding hydrogens is 356 g/mol. The van der Waals surface area contributed by atoms with Crippen molar-refractivity contribution in [3.05, 3.63) is 11.4 Å². The Labute approximate surface area is 156 Å². The first-order valence-electron chi connectivity index (χ1n) is 9.05. The number of hydrogen-bond donors (Lipinski definition) is 0. The summed E-state index contributed by atoms with van der Waals surface area (Å²) in [6.07, 6.45) is 1.83. The average molecular weight is 387 g/mol. The van der Waals surface area contributed by atoms with Crippen molar-refractivity contribution in [3.8, 4) is 0 Å². The Hall–Kier alpha value is -1.00. The molecule has 0 aromatic carbocycles. The lowest BCUT2D eigenvalue weighted by atomic mass is 10.0. The highest BCUT2D eigenvalue weighted by Gasteiger charge is 2.46. The Bertz CT molecular complexity index is 761. The summed E-state index contributed by atoms with van der Waals surface area (Å²) in [6, 6.07) is 0. The van der Waals surface area contributed by atoms with Gasteiger partial charge in [-0.3, -0.25) is 4.68 Å². The molecule has 2 fully saturated rings. The number of rotatable bonds is 4. The van der Waals surface area contributed by atoms with E-state index in [0.717, 1.165) is 19.4 Å². The topological polar surface area (TPSA) is 76.9 Å². The van der Waals surface area contributed by atoms with Crippen LogP contribution in [0.1, 0.15) is 24.2 Å². The van der Waals surface area contributed by atoms with Gasteiger partial charge in [0.2, 0.25) is 10.0 Å². The van der Waals surface area contributed by atoms with E-state index in [2.05, 4.69) is 10.00 Å². The number of aromatic nitrogens is 2. The Morgan fingerprint density at radius 1 is 1.35 bits per heavy atom. The first-order chi connectivity index (χ1) is 12.1. The molecule has 1 spiro atoms. The van der Waals surface area contributed by atoms with Crippen molar-refractivity contribution in [2.24, 2.45) is 7.05 Å². The summed E-state index contributed by atoms with van der Waals surface area (Å²) in [4.78, 5) is 2.40. The summed E-state index contributed by atoms with van der Waals surface area (Å²) in [5, 5.41) is 4.27. The molecule has 3 rings (SSSR count). The summed E-state index contributed by atoms with van der Waals surface area (Å²) in [7, 11) is 2.15. The van der Waals surface area contributed by atoms with Crippen LogP contribution in [0.3, 0.4) is 0 Å². The van der Waals surface area contributed by atoms with E-state index in [0.29, 0.717) is 42.6 Å². The van der Waals surface area contributed by atoms with Crippen LogP contribution < -0.4 is 0 Å². The number of ether oxygens (including phenoxy) is 2. The van der Waals surface area contributed by atoms with Gasteiger partial charge < -0.3 is 14.4 Å². The number of nitrogens with zero attached hydrogens (tertiary/aromatic N) is 4. The normalized spacial score (nSPS) is 28.2. The van der Waals surface area contributed by atoms with Gasteiger partial charge in [-0.05, 0) is 40.8 Å². The predicted octanol–water partition coefficient (Wildman–Crippen LogP) is 0.537. The smallest absolute Gasteiger partial charge is 0.246 e. The number of sulfonamides is 1. The zero-order valence-corrected chi connectivity index (χ0v) is 17.2. The van der Waals surface area contributed by atoms with Crippen LogP contribution >= 0.6 is 0 Å². The van der Waals surface area contributed by atoms with Gasteiger partial charge in [0.1, 0.15) is 10.5 Å². The van der Waals surface area contributed by atoms with Gasteiger partial charge in [-0.15, -0.1) is 0 Å². The fourth-order valence-electron chi connectivity index (χ4n) is 3.99. The van der Waals surface area contributed by atoms with Gasteiger partial charge in [0, 0.05) is 26.7 Å². The Balaban J connectivity index is 1.86. The molecule has 1 aromatic heterocycles.